The molecule has 1 unspecified atom stereocenters. The summed E-state index contributed by atoms with van der Waals surface area (Å²) in [5.74, 6) is -0.439. The molecule has 4 nitrogen and oxygen atoms in total. The molecule has 0 heterocycles. The van der Waals surface area contributed by atoms with E-state index in [1.165, 1.54) is 17.5 Å². The van der Waals surface area contributed by atoms with Crippen molar-refractivity contribution in [1.82, 2.24) is 4.31 Å². The Morgan fingerprint density at radius 1 is 1.40 bits per heavy atom. The number of halogens is 1. The van der Waals surface area contributed by atoms with E-state index in [1.54, 1.807) is 25.1 Å². The highest BCUT2D eigenvalue weighted by Crippen LogP contribution is 2.37. The van der Waals surface area contributed by atoms with Gasteiger partial charge in [0, 0.05) is 18.7 Å². The van der Waals surface area contributed by atoms with Crippen molar-refractivity contribution in [3.63, 3.8) is 0 Å². The Kier molecular flexibility index (Phi) is 4.78. The van der Waals surface area contributed by atoms with Crippen LogP contribution in [0, 0.1) is 5.82 Å². The predicted octanol–water partition coefficient (Wildman–Crippen LogP) is 2.33. The van der Waals surface area contributed by atoms with Gasteiger partial charge in [0.25, 0.3) is 0 Å². The van der Waals surface area contributed by atoms with Gasteiger partial charge in [-0.1, -0.05) is 18.2 Å². The van der Waals surface area contributed by atoms with Gasteiger partial charge in [-0.15, -0.1) is 0 Å². The molecule has 0 radical (unpaired) electrons. The Morgan fingerprint density at radius 3 is 2.60 bits per heavy atom. The monoisotopic (exact) mass is 301 g/mol. The van der Waals surface area contributed by atoms with Gasteiger partial charge in [0.2, 0.25) is 10.0 Å². The Morgan fingerprint density at radius 2 is 2.05 bits per heavy atom. The Balaban J connectivity index is 2.27. The van der Waals surface area contributed by atoms with Crippen molar-refractivity contribution in [2.45, 2.75) is 31.8 Å². The van der Waals surface area contributed by atoms with Gasteiger partial charge in [0.05, 0.1) is 18.4 Å². The van der Waals surface area contributed by atoms with Crippen molar-refractivity contribution < 1.29 is 17.5 Å². The first-order valence-electron chi connectivity index (χ1n) is 6.72. The lowest BCUT2D eigenvalue weighted by molar-refractivity contribution is 0.214. The first-order chi connectivity index (χ1) is 9.47. The van der Waals surface area contributed by atoms with Gasteiger partial charge in [0.15, 0.2) is 0 Å². The maximum absolute atomic E-state index is 13.9. The van der Waals surface area contributed by atoms with Crippen molar-refractivity contribution in [3.8, 4) is 0 Å². The molecule has 0 aromatic heterocycles. The van der Waals surface area contributed by atoms with E-state index in [-0.39, 0.29) is 24.2 Å². The lowest BCUT2D eigenvalue weighted by atomic mass is 10.1. The normalized spacial score (nSPS) is 17.4. The first-order valence-corrected chi connectivity index (χ1v) is 8.33. The third-order valence-corrected chi connectivity index (χ3v) is 5.45. The third kappa shape index (κ3) is 3.37. The lowest BCUT2D eigenvalue weighted by Gasteiger charge is -2.28. The lowest BCUT2D eigenvalue weighted by Crippen LogP contribution is -2.38. The molecule has 0 bridgehead atoms. The molecule has 0 amide bonds. The van der Waals surface area contributed by atoms with Crippen molar-refractivity contribution in [2.75, 3.05) is 19.5 Å². The van der Waals surface area contributed by atoms with E-state index < -0.39 is 16.1 Å². The van der Waals surface area contributed by atoms with Crippen LogP contribution in [0.1, 0.15) is 31.4 Å². The number of sulfonamides is 1. The van der Waals surface area contributed by atoms with Crippen molar-refractivity contribution in [2.24, 2.45) is 0 Å². The van der Waals surface area contributed by atoms with Crippen LogP contribution in [0.15, 0.2) is 24.3 Å². The summed E-state index contributed by atoms with van der Waals surface area (Å²) in [5.41, 5.74) is 0.417. The standard InChI is InChI=1S/C14H20FNO3S/c1-11(13-5-3-4-6-14(13)15)16(12-7-8-12)20(17,18)10-9-19-2/h3-6,11-12H,7-10H2,1-2H3. The van der Waals surface area contributed by atoms with Gasteiger partial charge in [0.1, 0.15) is 5.82 Å². The van der Waals surface area contributed by atoms with Gasteiger partial charge >= 0.3 is 0 Å². The first kappa shape index (κ1) is 15.4. The maximum atomic E-state index is 13.9. The zero-order valence-corrected chi connectivity index (χ0v) is 12.6. The van der Waals surface area contributed by atoms with Gasteiger partial charge in [-0.3, -0.25) is 0 Å². The van der Waals surface area contributed by atoms with E-state index >= 15 is 0 Å². The Hall–Kier alpha value is -0.980. The second-order valence-corrected chi connectivity index (χ2v) is 7.06. The van der Waals surface area contributed by atoms with Crippen LogP contribution in [0.25, 0.3) is 0 Å². The summed E-state index contributed by atoms with van der Waals surface area (Å²) >= 11 is 0. The minimum absolute atomic E-state index is 0.00791. The van der Waals surface area contributed by atoms with E-state index in [4.69, 9.17) is 4.74 Å². The average Bonchev–Trinajstić information content (AvgIpc) is 3.21. The van der Waals surface area contributed by atoms with Gasteiger partial charge in [-0.2, -0.15) is 4.31 Å². The number of methoxy groups -OCH3 is 1. The number of hydrogen-bond acceptors (Lipinski definition) is 3. The van der Waals surface area contributed by atoms with Gasteiger partial charge in [-0.05, 0) is 25.8 Å². The fourth-order valence-electron chi connectivity index (χ4n) is 2.36. The molecule has 1 atom stereocenters. The van der Waals surface area contributed by atoms with Crippen LogP contribution in [0.4, 0.5) is 4.39 Å². The molecule has 1 aliphatic carbocycles. The van der Waals surface area contributed by atoms with E-state index in [0.29, 0.717) is 5.56 Å². The van der Waals surface area contributed by atoms with Crippen LogP contribution in [0.2, 0.25) is 0 Å². The number of nitrogens with zero attached hydrogens (tertiary/aromatic N) is 1. The fourth-order valence-corrected chi connectivity index (χ4v) is 4.21. The second-order valence-electron chi connectivity index (χ2n) is 5.07. The Labute approximate surface area is 119 Å². The molecule has 0 spiro atoms. The molecule has 0 aliphatic heterocycles. The largest absolute Gasteiger partial charge is 0.384 e. The van der Waals surface area contributed by atoms with Crippen LogP contribution < -0.4 is 0 Å². The fraction of sp³-hybridized carbons (Fsp3) is 0.571. The van der Waals surface area contributed by atoms with Crippen molar-refractivity contribution in [1.29, 1.82) is 0 Å². The van der Waals surface area contributed by atoms with Crippen LogP contribution in [0.5, 0.6) is 0 Å². The summed E-state index contributed by atoms with van der Waals surface area (Å²) in [6.45, 7) is 1.89. The topological polar surface area (TPSA) is 46.6 Å². The van der Waals surface area contributed by atoms with Crippen LogP contribution in [0.3, 0.4) is 0 Å². The molecule has 6 heteroatoms. The van der Waals surface area contributed by atoms with Crippen LogP contribution >= 0.6 is 0 Å². The second kappa shape index (κ2) is 6.20. The highest BCUT2D eigenvalue weighted by molar-refractivity contribution is 7.89. The van der Waals surface area contributed by atoms with Crippen LogP contribution in [-0.2, 0) is 14.8 Å². The number of benzene rings is 1. The molecule has 1 aromatic rings. The molecule has 1 aliphatic rings. The van der Waals surface area contributed by atoms with Crippen LogP contribution in [-0.4, -0.2) is 38.2 Å². The summed E-state index contributed by atoms with van der Waals surface area (Å²) in [6.07, 6.45) is 1.68. The quantitative estimate of drug-likeness (QED) is 0.776. The number of hydrogen-bond donors (Lipinski definition) is 0. The minimum atomic E-state index is -3.44. The Bertz CT molecular complexity index is 557. The van der Waals surface area contributed by atoms with E-state index in [0.717, 1.165) is 12.8 Å². The molecular formula is C14H20FNO3S. The van der Waals surface area contributed by atoms with E-state index in [9.17, 15) is 12.8 Å². The molecule has 0 N–H and O–H groups in total. The zero-order chi connectivity index (χ0) is 14.8. The third-order valence-electron chi connectivity index (χ3n) is 3.51. The average molecular weight is 301 g/mol. The number of rotatable bonds is 7. The zero-order valence-electron chi connectivity index (χ0n) is 11.8. The predicted molar refractivity (Wildman–Crippen MR) is 75.3 cm³/mol. The SMILES string of the molecule is COCCS(=O)(=O)N(C1CC1)C(C)c1ccccc1F. The van der Waals surface area contributed by atoms with Crippen molar-refractivity contribution >= 4 is 10.0 Å². The van der Waals surface area contributed by atoms with Crippen molar-refractivity contribution in [3.05, 3.63) is 35.6 Å². The summed E-state index contributed by atoms with van der Waals surface area (Å²) in [5, 5.41) is 0. The van der Waals surface area contributed by atoms with Gasteiger partial charge in [-0.25, -0.2) is 12.8 Å². The molecule has 1 aromatic carbocycles. The van der Waals surface area contributed by atoms with Gasteiger partial charge < -0.3 is 4.74 Å². The smallest absolute Gasteiger partial charge is 0.217 e. The summed E-state index contributed by atoms with van der Waals surface area (Å²) in [4.78, 5) is 0. The summed E-state index contributed by atoms with van der Waals surface area (Å²) in [6, 6.07) is 5.82. The molecule has 1 fully saturated rings. The molecule has 2 rings (SSSR count). The molecule has 112 valence electrons. The number of ether oxygens (including phenoxy) is 1. The minimum Gasteiger partial charge on any atom is -0.384 e. The summed E-state index contributed by atoms with van der Waals surface area (Å²) < 4.78 is 45.0. The molecule has 0 saturated heterocycles. The summed E-state index contributed by atoms with van der Waals surface area (Å²) in [7, 11) is -1.97. The van der Waals surface area contributed by atoms with E-state index in [1.807, 2.05) is 0 Å². The van der Waals surface area contributed by atoms with E-state index in [2.05, 4.69) is 0 Å². The highest BCUT2D eigenvalue weighted by atomic mass is 32.2. The maximum Gasteiger partial charge on any atom is 0.217 e. The molecule has 20 heavy (non-hydrogen) atoms. The molecule has 1 saturated carbocycles. The molecular weight excluding hydrogens is 281 g/mol. The highest BCUT2D eigenvalue weighted by Gasteiger charge is 2.41.